The zero-order valence-corrected chi connectivity index (χ0v) is 11.3. The molecule has 0 saturated carbocycles. The van der Waals surface area contributed by atoms with Gasteiger partial charge in [0.25, 0.3) is 6.43 Å². The Balaban J connectivity index is 2.21. The molecule has 0 aliphatic heterocycles. The summed E-state index contributed by atoms with van der Waals surface area (Å²) in [4.78, 5) is 0. The predicted molar refractivity (Wildman–Crippen MR) is 72.0 cm³/mol. The van der Waals surface area contributed by atoms with Gasteiger partial charge < -0.3 is 5.32 Å². The summed E-state index contributed by atoms with van der Waals surface area (Å²) in [6.45, 7) is 6.42. The lowest BCUT2D eigenvalue weighted by Gasteiger charge is -2.07. The minimum Gasteiger partial charge on any atom is -0.316 e. The van der Waals surface area contributed by atoms with Crippen LogP contribution in [0.15, 0.2) is 24.3 Å². The molecular formula is C15H23F2N. The average molecular weight is 255 g/mol. The second-order valence-corrected chi connectivity index (χ2v) is 5.10. The van der Waals surface area contributed by atoms with Crippen LogP contribution in [0.5, 0.6) is 0 Å². The van der Waals surface area contributed by atoms with Crippen molar-refractivity contribution < 1.29 is 8.78 Å². The van der Waals surface area contributed by atoms with Crippen molar-refractivity contribution in [3.05, 3.63) is 35.4 Å². The number of hydrogen-bond acceptors (Lipinski definition) is 1. The van der Waals surface area contributed by atoms with Crippen LogP contribution in [0, 0.1) is 5.92 Å². The molecule has 1 rings (SSSR count). The first kappa shape index (κ1) is 15.1. The van der Waals surface area contributed by atoms with Gasteiger partial charge in [-0.2, -0.15) is 0 Å². The third-order valence-corrected chi connectivity index (χ3v) is 2.82. The van der Waals surface area contributed by atoms with E-state index in [1.807, 2.05) is 6.07 Å². The van der Waals surface area contributed by atoms with Gasteiger partial charge in [0.2, 0.25) is 0 Å². The van der Waals surface area contributed by atoms with Gasteiger partial charge in [0.05, 0.1) is 0 Å². The van der Waals surface area contributed by atoms with Gasteiger partial charge in [0.1, 0.15) is 0 Å². The first-order chi connectivity index (χ1) is 8.59. The fourth-order valence-electron chi connectivity index (χ4n) is 1.85. The molecule has 0 heterocycles. The van der Waals surface area contributed by atoms with Crippen LogP contribution in [-0.2, 0) is 6.42 Å². The molecule has 18 heavy (non-hydrogen) atoms. The highest BCUT2D eigenvalue weighted by Gasteiger charge is 2.06. The Kier molecular flexibility index (Phi) is 6.88. The molecule has 102 valence electrons. The summed E-state index contributed by atoms with van der Waals surface area (Å²) in [6.07, 6.45) is 0.644. The summed E-state index contributed by atoms with van der Waals surface area (Å²) in [5.41, 5.74) is 1.14. The third-order valence-electron chi connectivity index (χ3n) is 2.82. The number of benzene rings is 1. The van der Waals surface area contributed by atoms with E-state index in [1.54, 1.807) is 12.1 Å². The topological polar surface area (TPSA) is 12.0 Å². The van der Waals surface area contributed by atoms with Gasteiger partial charge in [-0.15, -0.1) is 0 Å². The Labute approximate surface area is 109 Å². The van der Waals surface area contributed by atoms with Crippen molar-refractivity contribution in [1.29, 1.82) is 0 Å². The number of halogens is 2. The normalized spacial score (nSPS) is 11.4. The molecule has 0 aliphatic rings. The highest BCUT2D eigenvalue weighted by atomic mass is 19.3. The smallest absolute Gasteiger partial charge is 0.263 e. The summed E-state index contributed by atoms with van der Waals surface area (Å²) in [6, 6.07) is 6.74. The Hall–Kier alpha value is -0.960. The van der Waals surface area contributed by atoms with Gasteiger partial charge in [-0.25, -0.2) is 8.78 Å². The maximum atomic E-state index is 12.5. The number of hydrogen-bond donors (Lipinski definition) is 1. The molecule has 1 nitrogen and oxygen atoms in total. The molecule has 1 aromatic carbocycles. The van der Waals surface area contributed by atoms with Gasteiger partial charge in [0, 0.05) is 5.56 Å². The predicted octanol–water partition coefficient (Wildman–Crippen LogP) is 4.19. The summed E-state index contributed by atoms with van der Waals surface area (Å²) in [5, 5.41) is 3.38. The molecule has 0 aliphatic carbocycles. The van der Waals surface area contributed by atoms with Crippen LogP contribution < -0.4 is 5.32 Å². The van der Waals surface area contributed by atoms with Gasteiger partial charge in [-0.05, 0) is 43.8 Å². The molecule has 0 aromatic heterocycles. The average Bonchev–Trinajstić information content (AvgIpc) is 2.33. The lowest BCUT2D eigenvalue weighted by atomic mass is 10.1. The Morgan fingerprint density at radius 1 is 1.17 bits per heavy atom. The van der Waals surface area contributed by atoms with Crippen LogP contribution in [0.25, 0.3) is 0 Å². The molecular weight excluding hydrogens is 232 g/mol. The van der Waals surface area contributed by atoms with Crippen molar-refractivity contribution in [1.82, 2.24) is 5.32 Å². The zero-order chi connectivity index (χ0) is 13.4. The Bertz CT molecular complexity index is 337. The Morgan fingerprint density at radius 2 is 1.94 bits per heavy atom. The molecule has 0 amide bonds. The molecule has 0 saturated heterocycles. The van der Waals surface area contributed by atoms with Crippen LogP contribution in [0.1, 0.15) is 44.2 Å². The van der Waals surface area contributed by atoms with E-state index in [1.165, 1.54) is 6.07 Å². The van der Waals surface area contributed by atoms with Crippen molar-refractivity contribution in [2.45, 2.75) is 39.5 Å². The molecule has 0 unspecified atom stereocenters. The standard InChI is InChI=1S/C15H23F2N/c1-12(2)11-18-9-4-3-6-13-7-5-8-14(10-13)15(16)17/h5,7-8,10,12,15,18H,3-4,6,9,11H2,1-2H3. The van der Waals surface area contributed by atoms with Gasteiger partial charge >= 0.3 is 0 Å². The first-order valence-corrected chi connectivity index (χ1v) is 6.67. The van der Waals surface area contributed by atoms with E-state index < -0.39 is 6.43 Å². The minimum atomic E-state index is -2.36. The van der Waals surface area contributed by atoms with E-state index in [9.17, 15) is 8.78 Å². The number of rotatable bonds is 8. The number of aryl methyl sites for hydroxylation is 1. The van der Waals surface area contributed by atoms with Gasteiger partial charge in [-0.1, -0.05) is 38.1 Å². The summed E-state index contributed by atoms with van der Waals surface area (Å²) < 4.78 is 25.0. The molecule has 0 fully saturated rings. The van der Waals surface area contributed by atoms with E-state index in [4.69, 9.17) is 0 Å². The molecule has 0 spiro atoms. The fraction of sp³-hybridized carbons (Fsp3) is 0.600. The quantitative estimate of drug-likeness (QED) is 0.687. The summed E-state index contributed by atoms with van der Waals surface area (Å²) >= 11 is 0. The highest BCUT2D eigenvalue weighted by molar-refractivity contribution is 5.24. The fourth-order valence-corrected chi connectivity index (χ4v) is 1.85. The molecule has 1 N–H and O–H groups in total. The maximum absolute atomic E-state index is 12.5. The molecule has 0 radical (unpaired) electrons. The number of nitrogens with one attached hydrogen (secondary N) is 1. The van der Waals surface area contributed by atoms with Crippen molar-refractivity contribution in [3.63, 3.8) is 0 Å². The van der Waals surface area contributed by atoms with Gasteiger partial charge in [-0.3, -0.25) is 0 Å². The minimum absolute atomic E-state index is 0.130. The van der Waals surface area contributed by atoms with E-state index in [0.717, 1.165) is 37.9 Å². The maximum Gasteiger partial charge on any atom is 0.263 e. The molecule has 3 heteroatoms. The third kappa shape index (κ3) is 6.10. The first-order valence-electron chi connectivity index (χ1n) is 6.67. The SMILES string of the molecule is CC(C)CNCCCCc1cccc(C(F)F)c1. The van der Waals surface area contributed by atoms with Crippen molar-refractivity contribution >= 4 is 0 Å². The number of unbranched alkanes of at least 4 members (excludes halogenated alkanes) is 1. The Morgan fingerprint density at radius 3 is 2.61 bits per heavy atom. The van der Waals surface area contributed by atoms with E-state index in [0.29, 0.717) is 5.92 Å². The largest absolute Gasteiger partial charge is 0.316 e. The molecule has 1 aromatic rings. The van der Waals surface area contributed by atoms with Crippen molar-refractivity contribution in [3.8, 4) is 0 Å². The van der Waals surface area contributed by atoms with Crippen molar-refractivity contribution in [2.24, 2.45) is 5.92 Å². The van der Waals surface area contributed by atoms with Crippen LogP contribution in [0.3, 0.4) is 0 Å². The zero-order valence-electron chi connectivity index (χ0n) is 11.3. The summed E-state index contributed by atoms with van der Waals surface area (Å²) in [5.74, 6) is 0.674. The highest BCUT2D eigenvalue weighted by Crippen LogP contribution is 2.20. The van der Waals surface area contributed by atoms with Gasteiger partial charge in [0.15, 0.2) is 0 Å². The van der Waals surface area contributed by atoms with E-state index >= 15 is 0 Å². The second-order valence-electron chi connectivity index (χ2n) is 5.10. The molecule has 0 bridgehead atoms. The summed E-state index contributed by atoms with van der Waals surface area (Å²) in [7, 11) is 0. The van der Waals surface area contributed by atoms with E-state index in [2.05, 4.69) is 19.2 Å². The lowest BCUT2D eigenvalue weighted by Crippen LogP contribution is -2.20. The van der Waals surface area contributed by atoms with Crippen LogP contribution in [0.4, 0.5) is 8.78 Å². The van der Waals surface area contributed by atoms with Crippen molar-refractivity contribution in [2.75, 3.05) is 13.1 Å². The monoisotopic (exact) mass is 255 g/mol. The van der Waals surface area contributed by atoms with Crippen LogP contribution in [0.2, 0.25) is 0 Å². The lowest BCUT2D eigenvalue weighted by molar-refractivity contribution is 0.151. The molecule has 0 atom stereocenters. The van der Waals surface area contributed by atoms with Crippen LogP contribution >= 0.6 is 0 Å². The second kappa shape index (κ2) is 8.20. The van der Waals surface area contributed by atoms with E-state index in [-0.39, 0.29) is 5.56 Å². The number of alkyl halides is 2. The van der Waals surface area contributed by atoms with Crippen LogP contribution in [-0.4, -0.2) is 13.1 Å².